The van der Waals surface area contributed by atoms with E-state index in [1.54, 1.807) is 5.57 Å². The highest BCUT2D eigenvalue weighted by Crippen LogP contribution is 2.36. The van der Waals surface area contributed by atoms with E-state index in [2.05, 4.69) is 19.9 Å². The first-order valence-corrected chi connectivity index (χ1v) is 4.52. The van der Waals surface area contributed by atoms with Crippen LogP contribution in [-0.4, -0.2) is 0 Å². The molecule has 1 atom stereocenters. The molecule has 0 aromatic heterocycles. The van der Waals surface area contributed by atoms with E-state index in [1.165, 1.54) is 12.8 Å². The molecular formula is C11H20. The Hall–Kier alpha value is -0.520. The highest BCUT2D eigenvalue weighted by molar-refractivity contribution is 5.21. The lowest BCUT2D eigenvalue weighted by molar-refractivity contribution is 1.01. The summed E-state index contributed by atoms with van der Waals surface area (Å²) in [6, 6.07) is 0. The molecule has 0 radical (unpaired) electrons. The second kappa shape index (κ2) is 6.21. The predicted octanol–water partition coefficient (Wildman–Crippen LogP) is 3.95. The summed E-state index contributed by atoms with van der Waals surface area (Å²) in [5, 5.41) is 0. The minimum Gasteiger partial charge on any atom is -0.0919 e. The van der Waals surface area contributed by atoms with Crippen LogP contribution < -0.4 is 0 Å². The molecular weight excluding hydrogens is 132 g/mol. The normalized spacial score (nSPS) is 25.1. The number of hydrogen-bond acceptors (Lipinski definition) is 0. The van der Waals surface area contributed by atoms with Gasteiger partial charge in [-0.1, -0.05) is 37.6 Å². The van der Waals surface area contributed by atoms with Gasteiger partial charge in [-0.2, -0.15) is 0 Å². The maximum absolute atomic E-state index is 2.34. The van der Waals surface area contributed by atoms with Gasteiger partial charge in [-0.15, -0.1) is 0 Å². The fourth-order valence-electron chi connectivity index (χ4n) is 0.841. The smallest absolute Gasteiger partial charge is 0.0194 e. The van der Waals surface area contributed by atoms with Gasteiger partial charge in [0.25, 0.3) is 0 Å². The first-order chi connectivity index (χ1) is 5.26. The molecule has 11 heavy (non-hydrogen) atoms. The summed E-state index contributed by atoms with van der Waals surface area (Å²) >= 11 is 0. The summed E-state index contributed by atoms with van der Waals surface area (Å²) in [6.45, 7) is 8.47. The van der Waals surface area contributed by atoms with Crippen molar-refractivity contribution in [3.05, 3.63) is 23.8 Å². The molecule has 1 rings (SSSR count). The Morgan fingerprint density at radius 2 is 1.82 bits per heavy atom. The molecule has 1 saturated carbocycles. The van der Waals surface area contributed by atoms with Gasteiger partial charge in [0.05, 0.1) is 0 Å². The molecule has 0 heterocycles. The van der Waals surface area contributed by atoms with Crippen molar-refractivity contribution in [2.24, 2.45) is 5.92 Å². The van der Waals surface area contributed by atoms with Crippen molar-refractivity contribution in [2.75, 3.05) is 0 Å². The van der Waals surface area contributed by atoms with Crippen LogP contribution in [0.3, 0.4) is 0 Å². The average molecular weight is 152 g/mol. The van der Waals surface area contributed by atoms with E-state index in [9.17, 15) is 0 Å². The highest BCUT2D eigenvalue weighted by Gasteiger charge is 2.22. The molecule has 1 aliphatic rings. The maximum Gasteiger partial charge on any atom is -0.0194 e. The Morgan fingerprint density at radius 1 is 1.36 bits per heavy atom. The molecule has 64 valence electrons. The second-order valence-electron chi connectivity index (χ2n) is 2.96. The van der Waals surface area contributed by atoms with E-state index in [0.717, 1.165) is 5.92 Å². The summed E-state index contributed by atoms with van der Waals surface area (Å²) in [5.74, 6) is 0.931. The maximum atomic E-state index is 2.34. The van der Waals surface area contributed by atoms with E-state index < -0.39 is 0 Å². The highest BCUT2D eigenvalue weighted by atomic mass is 14.3. The van der Waals surface area contributed by atoms with Gasteiger partial charge < -0.3 is 0 Å². The van der Waals surface area contributed by atoms with Crippen LogP contribution in [0.15, 0.2) is 23.8 Å². The summed E-state index contributed by atoms with van der Waals surface area (Å²) in [4.78, 5) is 0. The van der Waals surface area contributed by atoms with E-state index in [0.29, 0.717) is 0 Å². The van der Waals surface area contributed by atoms with Crippen LogP contribution in [0.1, 0.15) is 40.5 Å². The lowest BCUT2D eigenvalue weighted by Gasteiger charge is -1.71. The largest absolute Gasteiger partial charge is 0.0919 e. The van der Waals surface area contributed by atoms with E-state index in [1.807, 2.05) is 26.0 Å². The average Bonchev–Trinajstić information content (AvgIpc) is 2.68. The zero-order chi connectivity index (χ0) is 8.69. The van der Waals surface area contributed by atoms with Gasteiger partial charge in [0.2, 0.25) is 0 Å². The molecule has 0 aromatic rings. The minimum absolute atomic E-state index is 0.931. The summed E-state index contributed by atoms with van der Waals surface area (Å²) < 4.78 is 0. The van der Waals surface area contributed by atoms with Crippen LogP contribution in [0.25, 0.3) is 0 Å². The van der Waals surface area contributed by atoms with Crippen LogP contribution >= 0.6 is 0 Å². The molecule has 0 saturated heterocycles. The fraction of sp³-hybridized carbons (Fsp3) is 0.636. The van der Waals surface area contributed by atoms with Crippen LogP contribution in [0.4, 0.5) is 0 Å². The number of rotatable bonds is 1. The van der Waals surface area contributed by atoms with Gasteiger partial charge in [0.15, 0.2) is 0 Å². The second-order valence-corrected chi connectivity index (χ2v) is 2.96. The first kappa shape index (κ1) is 10.5. The Kier molecular flexibility index (Phi) is 5.91. The van der Waals surface area contributed by atoms with Crippen molar-refractivity contribution in [2.45, 2.75) is 40.5 Å². The Labute approximate surface area is 71.0 Å². The third kappa shape index (κ3) is 5.90. The summed E-state index contributed by atoms with van der Waals surface area (Å²) in [7, 11) is 0. The van der Waals surface area contributed by atoms with Gasteiger partial charge in [-0.3, -0.25) is 0 Å². The molecule has 0 heteroatoms. The zero-order valence-electron chi connectivity index (χ0n) is 8.22. The van der Waals surface area contributed by atoms with Gasteiger partial charge in [-0.05, 0) is 32.6 Å². The van der Waals surface area contributed by atoms with Crippen molar-refractivity contribution in [1.82, 2.24) is 0 Å². The summed E-state index contributed by atoms with van der Waals surface area (Å²) in [5.41, 5.74) is 1.67. The Morgan fingerprint density at radius 3 is 1.91 bits per heavy atom. The quantitative estimate of drug-likeness (QED) is 0.499. The van der Waals surface area contributed by atoms with Crippen molar-refractivity contribution in [3.8, 4) is 0 Å². The standard InChI is InChI=1S/C7H12.C4H8/c1-3-4-7-5-6(7)2;1-3-4-2/h4,6H,3,5H2,1-2H3;3-4H,1-2H3. The molecule has 0 spiro atoms. The Bertz CT molecular complexity index is 136. The van der Waals surface area contributed by atoms with Gasteiger partial charge in [0.1, 0.15) is 0 Å². The lowest BCUT2D eigenvalue weighted by Crippen LogP contribution is -1.54. The molecule has 0 bridgehead atoms. The van der Waals surface area contributed by atoms with Crippen molar-refractivity contribution in [1.29, 1.82) is 0 Å². The van der Waals surface area contributed by atoms with E-state index in [4.69, 9.17) is 0 Å². The molecule has 0 N–H and O–H groups in total. The zero-order valence-corrected chi connectivity index (χ0v) is 8.22. The Balaban J connectivity index is 0.000000218. The third-order valence-electron chi connectivity index (χ3n) is 1.81. The lowest BCUT2D eigenvalue weighted by atomic mass is 10.4. The SMILES string of the molecule is CC=CC.CCC=C1CC1C. The van der Waals surface area contributed by atoms with Crippen molar-refractivity contribution < 1.29 is 0 Å². The van der Waals surface area contributed by atoms with Crippen LogP contribution in [0.2, 0.25) is 0 Å². The monoisotopic (exact) mass is 152 g/mol. The number of hydrogen-bond donors (Lipinski definition) is 0. The molecule has 0 amide bonds. The van der Waals surface area contributed by atoms with Gasteiger partial charge in [-0.25, -0.2) is 0 Å². The van der Waals surface area contributed by atoms with Crippen LogP contribution in [0, 0.1) is 5.92 Å². The minimum atomic E-state index is 0.931. The van der Waals surface area contributed by atoms with Crippen LogP contribution in [0.5, 0.6) is 0 Å². The van der Waals surface area contributed by atoms with Crippen molar-refractivity contribution >= 4 is 0 Å². The molecule has 0 aromatic carbocycles. The molecule has 1 unspecified atom stereocenters. The topological polar surface area (TPSA) is 0 Å². The van der Waals surface area contributed by atoms with Crippen LogP contribution in [-0.2, 0) is 0 Å². The van der Waals surface area contributed by atoms with Gasteiger partial charge in [0, 0.05) is 0 Å². The number of allylic oxidation sites excluding steroid dienone is 4. The molecule has 0 nitrogen and oxygen atoms in total. The predicted molar refractivity (Wildman–Crippen MR) is 52.6 cm³/mol. The first-order valence-electron chi connectivity index (χ1n) is 4.52. The fourth-order valence-corrected chi connectivity index (χ4v) is 0.841. The van der Waals surface area contributed by atoms with E-state index in [-0.39, 0.29) is 0 Å². The molecule has 0 aliphatic heterocycles. The van der Waals surface area contributed by atoms with Gasteiger partial charge >= 0.3 is 0 Å². The van der Waals surface area contributed by atoms with Crippen molar-refractivity contribution in [3.63, 3.8) is 0 Å². The third-order valence-corrected chi connectivity index (χ3v) is 1.81. The summed E-state index contributed by atoms with van der Waals surface area (Å²) in [6.07, 6.45) is 8.93. The molecule has 1 fully saturated rings. The van der Waals surface area contributed by atoms with E-state index >= 15 is 0 Å². The molecule has 1 aliphatic carbocycles.